The Bertz CT molecular complexity index is 874. The number of nitrogens with one attached hydrogen (secondary N) is 1. The Morgan fingerprint density at radius 1 is 1.10 bits per heavy atom. The molecule has 0 bridgehead atoms. The van der Waals surface area contributed by atoms with E-state index in [1.165, 1.54) is 5.56 Å². The molecular formula is C24H30Cl2N2O2S. The van der Waals surface area contributed by atoms with Gasteiger partial charge in [0.05, 0.1) is 0 Å². The van der Waals surface area contributed by atoms with Crippen LogP contribution in [0.5, 0.6) is 0 Å². The van der Waals surface area contributed by atoms with Gasteiger partial charge in [-0.25, -0.2) is 0 Å². The average molecular weight is 481 g/mol. The number of aryl methyl sites for hydroxylation is 1. The quantitative estimate of drug-likeness (QED) is 0.394. The lowest BCUT2D eigenvalue weighted by molar-refractivity contribution is -0.141. The largest absolute Gasteiger partial charge is 0.354 e. The van der Waals surface area contributed by atoms with E-state index in [-0.39, 0.29) is 18.4 Å². The molecule has 4 nitrogen and oxygen atoms in total. The first-order valence-corrected chi connectivity index (χ1v) is 12.3. The molecule has 2 aromatic rings. The minimum atomic E-state index is -0.546. The molecule has 0 saturated carbocycles. The highest BCUT2D eigenvalue weighted by atomic mass is 35.5. The molecule has 0 aliphatic carbocycles. The highest BCUT2D eigenvalue weighted by molar-refractivity contribution is 7.99. The maximum atomic E-state index is 13.2. The fraction of sp³-hybridized carbons (Fsp3) is 0.417. The summed E-state index contributed by atoms with van der Waals surface area (Å²) < 4.78 is 0. The molecule has 0 aliphatic heterocycles. The van der Waals surface area contributed by atoms with Gasteiger partial charge >= 0.3 is 0 Å². The molecule has 0 saturated heterocycles. The Hall–Kier alpha value is -1.69. The van der Waals surface area contributed by atoms with Crippen molar-refractivity contribution in [3.05, 3.63) is 63.6 Å². The molecule has 0 spiro atoms. The second-order valence-electron chi connectivity index (χ2n) is 7.38. The average Bonchev–Trinajstić information content (AvgIpc) is 2.74. The molecule has 1 atom stereocenters. The SMILES string of the molecule is CCCNC(=O)[C@@H](CC)N(Cc1ccc(Cl)cc1Cl)C(=O)CCSc1ccc(C)cc1. The van der Waals surface area contributed by atoms with Gasteiger partial charge in [-0.15, -0.1) is 11.8 Å². The zero-order chi connectivity index (χ0) is 22.8. The van der Waals surface area contributed by atoms with Crippen molar-refractivity contribution in [1.29, 1.82) is 0 Å². The van der Waals surface area contributed by atoms with Crippen LogP contribution in [0.4, 0.5) is 0 Å². The number of hydrogen-bond donors (Lipinski definition) is 1. The Balaban J connectivity index is 2.14. The monoisotopic (exact) mass is 480 g/mol. The fourth-order valence-corrected chi connectivity index (χ4v) is 4.46. The van der Waals surface area contributed by atoms with E-state index in [9.17, 15) is 9.59 Å². The van der Waals surface area contributed by atoms with Crippen molar-refractivity contribution >= 4 is 46.8 Å². The van der Waals surface area contributed by atoms with Crippen LogP contribution in [0.15, 0.2) is 47.4 Å². The Labute approximate surface area is 199 Å². The van der Waals surface area contributed by atoms with Crippen molar-refractivity contribution in [3.8, 4) is 0 Å². The lowest BCUT2D eigenvalue weighted by Crippen LogP contribution is -2.49. The van der Waals surface area contributed by atoms with Crippen molar-refractivity contribution < 1.29 is 9.59 Å². The normalized spacial score (nSPS) is 11.8. The number of carbonyl (C=O) groups excluding carboxylic acids is 2. The van der Waals surface area contributed by atoms with E-state index in [2.05, 4.69) is 29.6 Å². The molecule has 0 fully saturated rings. The van der Waals surface area contributed by atoms with Gasteiger partial charge in [0.25, 0.3) is 0 Å². The molecule has 0 aromatic heterocycles. The Kier molecular flexibility index (Phi) is 10.7. The summed E-state index contributed by atoms with van der Waals surface area (Å²) in [4.78, 5) is 28.8. The van der Waals surface area contributed by atoms with Gasteiger partial charge in [-0.2, -0.15) is 0 Å². The van der Waals surface area contributed by atoms with E-state index in [1.807, 2.05) is 26.8 Å². The third-order valence-corrected chi connectivity index (χ3v) is 6.50. The summed E-state index contributed by atoms with van der Waals surface area (Å²) in [6, 6.07) is 12.9. The molecule has 1 N–H and O–H groups in total. The highest BCUT2D eigenvalue weighted by Gasteiger charge is 2.28. The molecule has 2 amide bonds. The van der Waals surface area contributed by atoms with E-state index in [0.717, 1.165) is 16.9 Å². The first-order chi connectivity index (χ1) is 14.8. The van der Waals surface area contributed by atoms with Gasteiger partial charge < -0.3 is 10.2 Å². The van der Waals surface area contributed by atoms with Gasteiger partial charge in [-0.3, -0.25) is 9.59 Å². The van der Waals surface area contributed by atoms with Crippen LogP contribution < -0.4 is 5.32 Å². The summed E-state index contributed by atoms with van der Waals surface area (Å²) in [6.45, 7) is 6.82. The van der Waals surface area contributed by atoms with E-state index in [0.29, 0.717) is 35.2 Å². The molecule has 2 rings (SSSR count). The van der Waals surface area contributed by atoms with E-state index < -0.39 is 6.04 Å². The van der Waals surface area contributed by atoms with Crippen molar-refractivity contribution in [1.82, 2.24) is 10.2 Å². The Morgan fingerprint density at radius 2 is 1.81 bits per heavy atom. The fourth-order valence-electron chi connectivity index (χ4n) is 3.15. The molecule has 0 aliphatic rings. The van der Waals surface area contributed by atoms with Gasteiger partial charge in [-0.05, 0) is 49.6 Å². The summed E-state index contributed by atoms with van der Waals surface area (Å²) in [5.41, 5.74) is 1.97. The lowest BCUT2D eigenvalue weighted by Gasteiger charge is -2.31. The predicted octanol–water partition coefficient (Wildman–Crippen LogP) is 6.12. The summed E-state index contributed by atoms with van der Waals surface area (Å²) >= 11 is 14.0. The lowest BCUT2D eigenvalue weighted by atomic mass is 10.1. The number of amides is 2. The summed E-state index contributed by atoms with van der Waals surface area (Å²) in [5, 5.41) is 3.95. The second kappa shape index (κ2) is 13.0. The number of nitrogens with zero attached hydrogens (tertiary/aromatic N) is 1. The Morgan fingerprint density at radius 3 is 2.42 bits per heavy atom. The number of halogens is 2. The van der Waals surface area contributed by atoms with Crippen LogP contribution in [0, 0.1) is 6.92 Å². The first kappa shape index (κ1) is 25.6. The standard InChI is InChI=1S/C24H30Cl2N2O2S/c1-4-13-27-24(30)22(5-2)28(16-18-8-9-19(25)15-21(18)26)23(29)12-14-31-20-10-6-17(3)7-11-20/h6-11,15,22H,4-5,12-14,16H2,1-3H3,(H,27,30)/t22-/m1/s1. The number of hydrogen-bond acceptors (Lipinski definition) is 3. The molecule has 31 heavy (non-hydrogen) atoms. The zero-order valence-corrected chi connectivity index (χ0v) is 20.6. The molecule has 0 radical (unpaired) electrons. The van der Waals surface area contributed by atoms with E-state index in [4.69, 9.17) is 23.2 Å². The maximum absolute atomic E-state index is 13.2. The summed E-state index contributed by atoms with van der Waals surface area (Å²) in [6.07, 6.45) is 1.70. The van der Waals surface area contributed by atoms with Gasteiger partial charge in [-0.1, -0.05) is 60.8 Å². The van der Waals surface area contributed by atoms with Crippen LogP contribution in [0.3, 0.4) is 0 Å². The van der Waals surface area contributed by atoms with Crippen LogP contribution in [-0.4, -0.2) is 35.1 Å². The maximum Gasteiger partial charge on any atom is 0.242 e. The minimum absolute atomic E-state index is 0.0656. The molecule has 0 heterocycles. The van der Waals surface area contributed by atoms with Crippen LogP contribution in [0.2, 0.25) is 10.0 Å². The molecule has 7 heteroatoms. The summed E-state index contributed by atoms with van der Waals surface area (Å²) in [7, 11) is 0. The van der Waals surface area contributed by atoms with Gasteiger partial charge in [0, 0.05) is 40.2 Å². The third-order valence-electron chi connectivity index (χ3n) is 4.90. The van der Waals surface area contributed by atoms with Crippen LogP contribution in [-0.2, 0) is 16.1 Å². The topological polar surface area (TPSA) is 49.4 Å². The predicted molar refractivity (Wildman–Crippen MR) is 131 cm³/mol. The number of thioether (sulfide) groups is 1. The summed E-state index contributed by atoms with van der Waals surface area (Å²) in [5.74, 6) is 0.442. The molecule has 0 unspecified atom stereocenters. The van der Waals surface area contributed by atoms with E-state index in [1.54, 1.807) is 28.8 Å². The number of rotatable bonds is 11. The van der Waals surface area contributed by atoms with Crippen molar-refractivity contribution in [2.24, 2.45) is 0 Å². The van der Waals surface area contributed by atoms with Gasteiger partial charge in [0.1, 0.15) is 6.04 Å². The zero-order valence-electron chi connectivity index (χ0n) is 18.3. The van der Waals surface area contributed by atoms with E-state index >= 15 is 0 Å². The van der Waals surface area contributed by atoms with Crippen molar-refractivity contribution in [3.63, 3.8) is 0 Å². The highest BCUT2D eigenvalue weighted by Crippen LogP contribution is 2.25. The molecule has 168 valence electrons. The van der Waals surface area contributed by atoms with Crippen molar-refractivity contribution in [2.75, 3.05) is 12.3 Å². The van der Waals surface area contributed by atoms with Crippen LogP contribution in [0.25, 0.3) is 0 Å². The molecule has 2 aromatic carbocycles. The molecular weight excluding hydrogens is 451 g/mol. The third kappa shape index (κ3) is 8.06. The number of benzene rings is 2. The van der Waals surface area contributed by atoms with Crippen molar-refractivity contribution in [2.45, 2.75) is 57.5 Å². The first-order valence-electron chi connectivity index (χ1n) is 10.6. The smallest absolute Gasteiger partial charge is 0.242 e. The second-order valence-corrected chi connectivity index (χ2v) is 9.40. The minimum Gasteiger partial charge on any atom is -0.354 e. The van der Waals surface area contributed by atoms with Gasteiger partial charge in [0.2, 0.25) is 11.8 Å². The van der Waals surface area contributed by atoms with Crippen LogP contribution in [0.1, 0.15) is 44.2 Å². The van der Waals surface area contributed by atoms with Gasteiger partial charge in [0.15, 0.2) is 0 Å². The number of carbonyl (C=O) groups is 2. The van der Waals surface area contributed by atoms with Crippen LogP contribution >= 0.6 is 35.0 Å².